The summed E-state index contributed by atoms with van der Waals surface area (Å²) in [5.41, 5.74) is -1.61. The van der Waals surface area contributed by atoms with E-state index in [1.54, 1.807) is 0 Å². The number of aromatic amines is 1. The third-order valence-corrected chi connectivity index (χ3v) is 2.00. The average molecular weight is 214 g/mol. The zero-order chi connectivity index (χ0) is 9.30. The molecule has 1 aromatic rings. The van der Waals surface area contributed by atoms with Crippen molar-refractivity contribution in [2.75, 3.05) is 0 Å². The Morgan fingerprint density at radius 1 is 1.42 bits per heavy atom. The fourth-order valence-electron chi connectivity index (χ4n) is 0.659. The predicted molar refractivity (Wildman–Crippen MR) is 42.0 cm³/mol. The van der Waals surface area contributed by atoms with Gasteiger partial charge in [0.15, 0.2) is 0 Å². The summed E-state index contributed by atoms with van der Waals surface area (Å²) >= 11 is 10.7. The smallest absolute Gasteiger partial charge is 0.269 e. The molecule has 1 heterocycles. The molecule has 1 rings (SSSR count). The first-order chi connectivity index (χ1) is 5.54. The van der Waals surface area contributed by atoms with Gasteiger partial charge in [-0.25, -0.2) is 8.78 Å². The number of hydrogen-bond donors (Lipinski definition) is 1. The monoisotopic (exact) mass is 213 g/mol. The lowest BCUT2D eigenvalue weighted by Crippen LogP contribution is -2.10. The van der Waals surface area contributed by atoms with Crippen molar-refractivity contribution >= 4 is 23.2 Å². The first-order valence-corrected chi connectivity index (χ1v) is 3.64. The van der Waals surface area contributed by atoms with Crippen LogP contribution in [-0.4, -0.2) is 4.98 Å². The van der Waals surface area contributed by atoms with E-state index in [-0.39, 0.29) is 5.15 Å². The molecule has 12 heavy (non-hydrogen) atoms. The molecule has 0 aliphatic heterocycles. The molecule has 0 saturated carbocycles. The summed E-state index contributed by atoms with van der Waals surface area (Å²) in [7, 11) is 0. The van der Waals surface area contributed by atoms with Gasteiger partial charge in [0.1, 0.15) is 10.2 Å². The minimum Gasteiger partial charge on any atom is -0.350 e. The van der Waals surface area contributed by atoms with Crippen LogP contribution in [0.25, 0.3) is 0 Å². The van der Waals surface area contributed by atoms with Crippen molar-refractivity contribution in [3.63, 3.8) is 0 Å². The first-order valence-electron chi connectivity index (χ1n) is 2.88. The molecule has 1 aromatic heterocycles. The van der Waals surface area contributed by atoms with Crippen molar-refractivity contribution in [1.82, 2.24) is 4.98 Å². The van der Waals surface area contributed by atoms with Gasteiger partial charge in [0, 0.05) is 6.20 Å². The van der Waals surface area contributed by atoms with Crippen molar-refractivity contribution < 1.29 is 8.78 Å². The van der Waals surface area contributed by atoms with E-state index in [0.717, 1.165) is 6.20 Å². The summed E-state index contributed by atoms with van der Waals surface area (Å²) in [5, 5.41) is -0.541. The number of pyridine rings is 1. The topological polar surface area (TPSA) is 32.9 Å². The van der Waals surface area contributed by atoms with Gasteiger partial charge in [0.2, 0.25) is 5.43 Å². The molecule has 0 unspecified atom stereocenters. The van der Waals surface area contributed by atoms with E-state index >= 15 is 0 Å². The molecule has 0 fully saturated rings. The largest absolute Gasteiger partial charge is 0.350 e. The van der Waals surface area contributed by atoms with E-state index in [1.807, 2.05) is 0 Å². The molecule has 0 bridgehead atoms. The highest BCUT2D eigenvalue weighted by Crippen LogP contribution is 2.19. The second-order valence-corrected chi connectivity index (χ2v) is 2.76. The third-order valence-electron chi connectivity index (χ3n) is 1.24. The molecule has 0 aromatic carbocycles. The third kappa shape index (κ3) is 1.59. The number of H-pyrrole nitrogens is 1. The lowest BCUT2D eigenvalue weighted by molar-refractivity contribution is 0.150. The Labute approximate surface area is 76.1 Å². The molecule has 6 heteroatoms. The zero-order valence-corrected chi connectivity index (χ0v) is 7.09. The Hall–Kier alpha value is -0.610. The number of hydrogen-bond acceptors (Lipinski definition) is 1. The number of nitrogens with one attached hydrogen (secondary N) is 1. The Bertz CT molecular complexity index is 350. The second-order valence-electron chi connectivity index (χ2n) is 2.00. The SMILES string of the molecule is O=c1c(C(F)F)c[nH]c(Cl)c1Cl. The van der Waals surface area contributed by atoms with Gasteiger partial charge in [-0.1, -0.05) is 23.2 Å². The Balaban J connectivity index is 3.37. The maximum atomic E-state index is 12.0. The van der Waals surface area contributed by atoms with Crippen molar-refractivity contribution in [3.8, 4) is 0 Å². The van der Waals surface area contributed by atoms with Crippen molar-refractivity contribution in [3.05, 3.63) is 32.2 Å². The van der Waals surface area contributed by atoms with Crippen LogP contribution in [0.15, 0.2) is 11.0 Å². The molecule has 0 saturated heterocycles. The van der Waals surface area contributed by atoms with E-state index in [9.17, 15) is 13.6 Å². The maximum Gasteiger partial charge on any atom is 0.269 e. The first kappa shape index (κ1) is 9.48. The summed E-state index contributed by atoms with van der Waals surface area (Å²) in [6.07, 6.45) is -2.00. The van der Waals surface area contributed by atoms with Crippen LogP contribution in [0.5, 0.6) is 0 Å². The van der Waals surface area contributed by atoms with Gasteiger partial charge in [-0.15, -0.1) is 0 Å². The molecule has 66 valence electrons. The molecule has 1 N–H and O–H groups in total. The summed E-state index contributed by atoms with van der Waals surface area (Å²) in [6.45, 7) is 0. The number of alkyl halides is 2. The Morgan fingerprint density at radius 2 is 2.00 bits per heavy atom. The molecule has 0 amide bonds. The summed E-state index contributed by atoms with van der Waals surface area (Å²) in [6, 6.07) is 0. The molecule has 0 aliphatic rings. The van der Waals surface area contributed by atoms with Crippen LogP contribution in [0.4, 0.5) is 8.78 Å². The van der Waals surface area contributed by atoms with Crippen LogP contribution in [0, 0.1) is 0 Å². The van der Waals surface area contributed by atoms with E-state index in [2.05, 4.69) is 4.98 Å². The quantitative estimate of drug-likeness (QED) is 0.716. The molecule has 0 radical (unpaired) electrons. The van der Waals surface area contributed by atoms with E-state index in [0.29, 0.717) is 0 Å². The molecule has 2 nitrogen and oxygen atoms in total. The van der Waals surface area contributed by atoms with Gasteiger partial charge in [-0.05, 0) is 0 Å². The molecular weight excluding hydrogens is 211 g/mol. The number of rotatable bonds is 1. The van der Waals surface area contributed by atoms with E-state index in [1.165, 1.54) is 0 Å². The van der Waals surface area contributed by atoms with Crippen LogP contribution >= 0.6 is 23.2 Å². The van der Waals surface area contributed by atoms with Crippen LogP contribution in [0.1, 0.15) is 12.0 Å². The highest BCUT2D eigenvalue weighted by atomic mass is 35.5. The van der Waals surface area contributed by atoms with Gasteiger partial charge in [-0.3, -0.25) is 4.79 Å². The lowest BCUT2D eigenvalue weighted by atomic mass is 10.3. The van der Waals surface area contributed by atoms with Gasteiger partial charge < -0.3 is 4.98 Å². The predicted octanol–water partition coefficient (Wildman–Crippen LogP) is 2.62. The molecule has 0 spiro atoms. The fourth-order valence-corrected chi connectivity index (χ4v) is 0.963. The van der Waals surface area contributed by atoms with Gasteiger partial charge in [0.25, 0.3) is 6.43 Å². The van der Waals surface area contributed by atoms with Crippen LogP contribution < -0.4 is 5.43 Å². The maximum absolute atomic E-state index is 12.0. The second kappa shape index (κ2) is 3.41. The van der Waals surface area contributed by atoms with Gasteiger partial charge in [0.05, 0.1) is 5.56 Å². The fraction of sp³-hybridized carbons (Fsp3) is 0.167. The number of halogens is 4. The number of aromatic nitrogens is 1. The van der Waals surface area contributed by atoms with Crippen LogP contribution in [-0.2, 0) is 0 Å². The summed E-state index contributed by atoms with van der Waals surface area (Å²) in [4.78, 5) is 13.2. The lowest BCUT2D eigenvalue weighted by Gasteiger charge is -1.99. The van der Waals surface area contributed by atoms with Crippen molar-refractivity contribution in [1.29, 1.82) is 0 Å². The van der Waals surface area contributed by atoms with Crippen molar-refractivity contribution in [2.45, 2.75) is 6.43 Å². The molecule has 0 atom stereocenters. The highest BCUT2D eigenvalue weighted by molar-refractivity contribution is 6.41. The highest BCUT2D eigenvalue weighted by Gasteiger charge is 2.15. The minimum absolute atomic E-state index is 0.133. The van der Waals surface area contributed by atoms with Crippen molar-refractivity contribution in [2.24, 2.45) is 0 Å². The summed E-state index contributed by atoms with van der Waals surface area (Å²) < 4.78 is 24.0. The van der Waals surface area contributed by atoms with Crippen LogP contribution in [0.3, 0.4) is 0 Å². The molecular formula is C6H3Cl2F2NO. The zero-order valence-electron chi connectivity index (χ0n) is 5.57. The Morgan fingerprint density at radius 3 is 2.50 bits per heavy atom. The van der Waals surface area contributed by atoms with E-state index < -0.39 is 22.4 Å². The van der Waals surface area contributed by atoms with Gasteiger partial charge >= 0.3 is 0 Å². The minimum atomic E-state index is -2.84. The standard InChI is InChI=1S/C6H3Cl2F2NO/c7-3-4(12)2(6(9)10)1-11-5(3)8/h1,6H,(H,11,12). The van der Waals surface area contributed by atoms with Gasteiger partial charge in [-0.2, -0.15) is 0 Å². The Kier molecular flexibility index (Phi) is 2.69. The molecule has 0 aliphatic carbocycles. The van der Waals surface area contributed by atoms with Crippen LogP contribution in [0.2, 0.25) is 10.2 Å². The normalized spacial score (nSPS) is 10.8. The van der Waals surface area contributed by atoms with E-state index in [4.69, 9.17) is 23.2 Å². The summed E-state index contributed by atoms with van der Waals surface area (Å²) in [5.74, 6) is 0. The average Bonchev–Trinajstić information content (AvgIpc) is 2.00.